The molecule has 0 bridgehead atoms. The Morgan fingerprint density at radius 1 is 0.913 bits per heavy atom. The van der Waals surface area contributed by atoms with Gasteiger partial charge in [0, 0.05) is 5.92 Å². The molecular formula is C18H18O4S. The van der Waals surface area contributed by atoms with Crippen molar-refractivity contribution in [3.05, 3.63) is 65.2 Å². The van der Waals surface area contributed by atoms with Gasteiger partial charge in [0.05, 0.1) is 16.1 Å². The molecule has 3 atom stereocenters. The molecule has 1 aliphatic carbocycles. The Kier molecular flexibility index (Phi) is 3.76. The van der Waals surface area contributed by atoms with Crippen LogP contribution < -0.4 is 0 Å². The highest BCUT2D eigenvalue weighted by Crippen LogP contribution is 2.54. The van der Waals surface area contributed by atoms with Gasteiger partial charge in [-0.2, -0.15) is 0 Å². The minimum atomic E-state index is -3.67. The van der Waals surface area contributed by atoms with Crippen LogP contribution >= 0.6 is 0 Å². The van der Waals surface area contributed by atoms with Gasteiger partial charge in [0.1, 0.15) is 0 Å². The van der Waals surface area contributed by atoms with Gasteiger partial charge in [-0.1, -0.05) is 47.5 Å². The lowest BCUT2D eigenvalue weighted by atomic mass is 10.1. The lowest BCUT2D eigenvalue weighted by molar-refractivity contribution is -0.138. The number of carbonyl (C=O) groups is 1. The fourth-order valence-corrected chi connectivity index (χ4v) is 5.16. The van der Waals surface area contributed by atoms with Crippen LogP contribution in [0, 0.1) is 19.8 Å². The number of benzene rings is 2. The third-order valence-corrected chi connectivity index (χ3v) is 6.64. The maximum atomic E-state index is 12.8. The average molecular weight is 330 g/mol. The van der Waals surface area contributed by atoms with Crippen molar-refractivity contribution in [1.82, 2.24) is 0 Å². The summed E-state index contributed by atoms with van der Waals surface area (Å²) in [6.07, 6.45) is 0. The molecule has 2 aromatic carbocycles. The van der Waals surface area contributed by atoms with Gasteiger partial charge < -0.3 is 5.11 Å². The molecule has 3 rings (SSSR count). The molecule has 1 aliphatic rings. The molecule has 0 saturated heterocycles. The molecule has 5 heteroatoms. The monoisotopic (exact) mass is 330 g/mol. The van der Waals surface area contributed by atoms with Crippen molar-refractivity contribution in [2.24, 2.45) is 5.92 Å². The second-order valence-corrected chi connectivity index (χ2v) is 8.23. The van der Waals surface area contributed by atoms with Crippen molar-refractivity contribution in [2.75, 3.05) is 0 Å². The topological polar surface area (TPSA) is 71.4 Å². The smallest absolute Gasteiger partial charge is 0.308 e. The van der Waals surface area contributed by atoms with E-state index in [9.17, 15) is 18.3 Å². The lowest BCUT2D eigenvalue weighted by Gasteiger charge is -2.05. The molecule has 4 nitrogen and oxygen atoms in total. The molecule has 1 fully saturated rings. The minimum Gasteiger partial charge on any atom is -0.481 e. The Hall–Kier alpha value is -2.14. The minimum absolute atomic E-state index is 0.189. The van der Waals surface area contributed by atoms with E-state index in [-0.39, 0.29) is 4.90 Å². The first kappa shape index (κ1) is 15.7. The first-order valence-electron chi connectivity index (χ1n) is 7.42. The summed E-state index contributed by atoms with van der Waals surface area (Å²) >= 11 is 0. The molecule has 1 saturated carbocycles. The molecule has 0 unspecified atom stereocenters. The summed E-state index contributed by atoms with van der Waals surface area (Å²) in [7, 11) is -3.67. The van der Waals surface area contributed by atoms with Crippen molar-refractivity contribution in [3.8, 4) is 0 Å². The number of sulfone groups is 1. The third-order valence-electron chi connectivity index (χ3n) is 4.41. The summed E-state index contributed by atoms with van der Waals surface area (Å²) < 4.78 is 25.6. The quantitative estimate of drug-likeness (QED) is 0.935. The zero-order valence-electron chi connectivity index (χ0n) is 12.9. The molecule has 0 aliphatic heterocycles. The maximum Gasteiger partial charge on any atom is 0.308 e. The number of aliphatic carboxylic acids is 1. The number of carboxylic acids is 1. The molecule has 23 heavy (non-hydrogen) atoms. The first-order valence-corrected chi connectivity index (χ1v) is 8.97. The van der Waals surface area contributed by atoms with Gasteiger partial charge in [0.2, 0.25) is 0 Å². The number of carboxylic acid groups (broad SMARTS) is 1. The summed E-state index contributed by atoms with van der Waals surface area (Å²) in [5.41, 5.74) is 2.78. The van der Waals surface area contributed by atoms with E-state index in [1.807, 2.05) is 38.1 Å². The van der Waals surface area contributed by atoms with E-state index in [0.29, 0.717) is 0 Å². The highest BCUT2D eigenvalue weighted by atomic mass is 32.2. The van der Waals surface area contributed by atoms with Crippen LogP contribution in [0.5, 0.6) is 0 Å². The lowest BCUT2D eigenvalue weighted by Crippen LogP contribution is -2.13. The van der Waals surface area contributed by atoms with E-state index in [2.05, 4.69) is 0 Å². The van der Waals surface area contributed by atoms with Crippen LogP contribution in [0.3, 0.4) is 0 Å². The van der Waals surface area contributed by atoms with Crippen molar-refractivity contribution in [1.29, 1.82) is 0 Å². The zero-order valence-corrected chi connectivity index (χ0v) is 13.7. The van der Waals surface area contributed by atoms with Crippen LogP contribution in [0.15, 0.2) is 53.4 Å². The Bertz CT molecular complexity index is 836. The van der Waals surface area contributed by atoms with Crippen molar-refractivity contribution < 1.29 is 18.3 Å². The molecule has 0 heterocycles. The maximum absolute atomic E-state index is 12.8. The standard InChI is InChI=1S/C18H18O4S/c1-11-3-7-13(8-4-11)15-16(18(19)20)17(15)23(21,22)14-9-5-12(2)6-10-14/h3-10,15-17H,1-2H3,(H,19,20)/t15-,16+,17-/m1/s1. The van der Waals surface area contributed by atoms with Crippen LogP contribution in [0.25, 0.3) is 0 Å². The van der Waals surface area contributed by atoms with E-state index < -0.39 is 32.9 Å². The molecule has 120 valence electrons. The molecule has 2 aromatic rings. The van der Waals surface area contributed by atoms with E-state index in [1.165, 1.54) is 0 Å². The fourth-order valence-electron chi connectivity index (χ4n) is 3.03. The van der Waals surface area contributed by atoms with Crippen LogP contribution in [-0.4, -0.2) is 24.7 Å². The number of rotatable bonds is 4. The van der Waals surface area contributed by atoms with Crippen molar-refractivity contribution >= 4 is 15.8 Å². The first-order chi connectivity index (χ1) is 10.8. The Morgan fingerprint density at radius 3 is 1.87 bits per heavy atom. The number of aryl methyl sites for hydroxylation is 2. The summed E-state index contributed by atoms with van der Waals surface area (Å²) in [5, 5.41) is 8.50. The van der Waals surface area contributed by atoms with Crippen molar-refractivity contribution in [2.45, 2.75) is 29.9 Å². The predicted octanol–water partition coefficient (Wildman–Crippen LogP) is 2.94. The molecule has 0 aromatic heterocycles. The summed E-state index contributed by atoms with van der Waals surface area (Å²) in [4.78, 5) is 11.7. The Balaban J connectivity index is 1.98. The second-order valence-electron chi connectivity index (χ2n) is 6.12. The average Bonchev–Trinajstić information content (AvgIpc) is 3.25. The van der Waals surface area contributed by atoms with Crippen LogP contribution in [0.4, 0.5) is 0 Å². The van der Waals surface area contributed by atoms with Gasteiger partial charge in [-0.3, -0.25) is 4.79 Å². The molecule has 0 amide bonds. The zero-order chi connectivity index (χ0) is 16.8. The predicted molar refractivity (Wildman–Crippen MR) is 87.2 cm³/mol. The molecule has 1 N–H and O–H groups in total. The summed E-state index contributed by atoms with van der Waals surface area (Å²) in [6.45, 7) is 3.81. The van der Waals surface area contributed by atoms with Crippen LogP contribution in [0.2, 0.25) is 0 Å². The summed E-state index contributed by atoms with van der Waals surface area (Å²) in [5.74, 6) is -2.43. The van der Waals surface area contributed by atoms with E-state index >= 15 is 0 Å². The third kappa shape index (κ3) is 2.77. The van der Waals surface area contributed by atoms with Gasteiger partial charge in [-0.05, 0) is 31.5 Å². The number of hydrogen-bond donors (Lipinski definition) is 1. The van der Waals surface area contributed by atoms with Crippen LogP contribution in [0.1, 0.15) is 22.6 Å². The normalized spacial score (nSPS) is 23.5. The van der Waals surface area contributed by atoms with Gasteiger partial charge in [-0.15, -0.1) is 0 Å². The highest BCUT2D eigenvalue weighted by molar-refractivity contribution is 7.92. The molecular weight excluding hydrogens is 312 g/mol. The van der Waals surface area contributed by atoms with Gasteiger partial charge >= 0.3 is 5.97 Å². The Labute approximate surface area is 135 Å². The van der Waals surface area contributed by atoms with Gasteiger partial charge in [0.25, 0.3) is 0 Å². The Morgan fingerprint density at radius 2 is 1.39 bits per heavy atom. The second kappa shape index (κ2) is 5.49. The van der Waals surface area contributed by atoms with E-state index in [4.69, 9.17) is 0 Å². The van der Waals surface area contributed by atoms with Gasteiger partial charge in [0.15, 0.2) is 9.84 Å². The summed E-state index contributed by atoms with van der Waals surface area (Å²) in [6, 6.07) is 13.9. The molecule has 0 radical (unpaired) electrons. The van der Waals surface area contributed by atoms with Crippen LogP contribution in [-0.2, 0) is 14.6 Å². The SMILES string of the molecule is Cc1ccc([C@@H]2[C@H](C(=O)O)[C@@H]2S(=O)(=O)c2ccc(C)cc2)cc1. The fraction of sp³-hybridized carbons (Fsp3) is 0.278. The largest absolute Gasteiger partial charge is 0.481 e. The van der Waals surface area contributed by atoms with Crippen molar-refractivity contribution in [3.63, 3.8) is 0 Å². The number of hydrogen-bond acceptors (Lipinski definition) is 3. The van der Waals surface area contributed by atoms with Gasteiger partial charge in [-0.25, -0.2) is 8.42 Å². The van der Waals surface area contributed by atoms with E-state index in [0.717, 1.165) is 16.7 Å². The van der Waals surface area contributed by atoms with E-state index in [1.54, 1.807) is 24.3 Å². The molecule has 0 spiro atoms. The highest BCUT2D eigenvalue weighted by Gasteiger charge is 2.63.